The molecule has 0 saturated carbocycles. The SMILES string of the molecule is Cn1cc(C(=O)N2CCO[C@@H]3CN(Cc4nccs4)C[C@@H]3C2)cn1. The Morgan fingerprint density at radius 3 is 3.08 bits per heavy atom. The summed E-state index contributed by atoms with van der Waals surface area (Å²) in [6.45, 7) is 4.71. The molecular formula is C16H21N5O2S. The van der Waals surface area contributed by atoms with Crippen LogP contribution in [0.4, 0.5) is 0 Å². The molecule has 0 spiro atoms. The number of rotatable bonds is 3. The predicted molar refractivity (Wildman–Crippen MR) is 89.7 cm³/mol. The fourth-order valence-corrected chi connectivity index (χ4v) is 4.19. The molecule has 2 aliphatic rings. The number of thiazole rings is 1. The number of nitrogens with zero attached hydrogens (tertiary/aromatic N) is 5. The molecule has 2 aliphatic heterocycles. The fraction of sp³-hybridized carbons (Fsp3) is 0.562. The Morgan fingerprint density at radius 2 is 2.33 bits per heavy atom. The number of amides is 1. The highest BCUT2D eigenvalue weighted by atomic mass is 32.1. The highest BCUT2D eigenvalue weighted by molar-refractivity contribution is 7.09. The summed E-state index contributed by atoms with van der Waals surface area (Å²) in [6.07, 6.45) is 5.46. The zero-order valence-electron chi connectivity index (χ0n) is 13.7. The van der Waals surface area contributed by atoms with Gasteiger partial charge in [0.2, 0.25) is 0 Å². The number of likely N-dealkylation sites (tertiary alicyclic amines) is 1. The van der Waals surface area contributed by atoms with Crippen molar-refractivity contribution in [2.24, 2.45) is 13.0 Å². The summed E-state index contributed by atoms with van der Waals surface area (Å²) < 4.78 is 7.69. The van der Waals surface area contributed by atoms with Crippen molar-refractivity contribution in [2.75, 3.05) is 32.8 Å². The van der Waals surface area contributed by atoms with Gasteiger partial charge in [0.05, 0.1) is 31.0 Å². The fourth-order valence-electron chi connectivity index (χ4n) is 3.53. The number of aromatic nitrogens is 3. The van der Waals surface area contributed by atoms with Crippen LogP contribution in [-0.4, -0.2) is 69.4 Å². The molecule has 0 N–H and O–H groups in total. The monoisotopic (exact) mass is 347 g/mol. The van der Waals surface area contributed by atoms with Gasteiger partial charge in [-0.15, -0.1) is 11.3 Å². The molecular weight excluding hydrogens is 326 g/mol. The van der Waals surface area contributed by atoms with E-state index in [-0.39, 0.29) is 12.0 Å². The molecule has 128 valence electrons. The maximum atomic E-state index is 12.7. The van der Waals surface area contributed by atoms with Gasteiger partial charge in [-0.25, -0.2) is 4.98 Å². The first-order chi connectivity index (χ1) is 11.7. The molecule has 1 amide bonds. The maximum Gasteiger partial charge on any atom is 0.257 e. The summed E-state index contributed by atoms with van der Waals surface area (Å²) in [6, 6.07) is 0. The first kappa shape index (κ1) is 15.7. The number of carbonyl (C=O) groups excluding carboxylic acids is 1. The Balaban J connectivity index is 1.41. The van der Waals surface area contributed by atoms with E-state index in [2.05, 4.69) is 15.0 Å². The molecule has 7 nitrogen and oxygen atoms in total. The topological polar surface area (TPSA) is 63.5 Å². The van der Waals surface area contributed by atoms with Gasteiger partial charge in [-0.1, -0.05) is 0 Å². The summed E-state index contributed by atoms with van der Waals surface area (Å²) in [4.78, 5) is 21.3. The van der Waals surface area contributed by atoms with Gasteiger partial charge in [0, 0.05) is 56.9 Å². The van der Waals surface area contributed by atoms with Crippen LogP contribution in [0.2, 0.25) is 0 Å². The lowest BCUT2D eigenvalue weighted by molar-refractivity contribution is 0.0501. The number of aryl methyl sites for hydroxylation is 1. The van der Waals surface area contributed by atoms with E-state index < -0.39 is 0 Å². The minimum atomic E-state index is 0.0470. The van der Waals surface area contributed by atoms with Crippen molar-refractivity contribution in [1.82, 2.24) is 24.6 Å². The average molecular weight is 347 g/mol. The third-order valence-corrected chi connectivity index (χ3v) is 5.45. The largest absolute Gasteiger partial charge is 0.375 e. The summed E-state index contributed by atoms with van der Waals surface area (Å²) >= 11 is 1.68. The van der Waals surface area contributed by atoms with Crippen molar-refractivity contribution >= 4 is 17.2 Å². The highest BCUT2D eigenvalue weighted by Crippen LogP contribution is 2.26. The number of fused-ring (bicyclic) bond motifs is 1. The lowest BCUT2D eigenvalue weighted by atomic mass is 10.1. The van der Waals surface area contributed by atoms with E-state index in [1.807, 2.05) is 23.5 Å². The van der Waals surface area contributed by atoms with Crippen LogP contribution in [0.15, 0.2) is 24.0 Å². The zero-order chi connectivity index (χ0) is 16.5. The van der Waals surface area contributed by atoms with Gasteiger partial charge in [0.25, 0.3) is 5.91 Å². The Kier molecular flexibility index (Phi) is 4.34. The van der Waals surface area contributed by atoms with E-state index in [1.165, 1.54) is 0 Å². The molecule has 4 rings (SSSR count). The lowest BCUT2D eigenvalue weighted by Gasteiger charge is -2.23. The van der Waals surface area contributed by atoms with Crippen LogP contribution in [0.5, 0.6) is 0 Å². The van der Waals surface area contributed by atoms with Crippen molar-refractivity contribution in [1.29, 1.82) is 0 Å². The lowest BCUT2D eigenvalue weighted by Crippen LogP contribution is -2.37. The van der Waals surface area contributed by atoms with Crippen molar-refractivity contribution in [3.63, 3.8) is 0 Å². The Bertz CT molecular complexity index is 701. The molecule has 2 aromatic rings. The summed E-state index contributed by atoms with van der Waals surface area (Å²) in [7, 11) is 1.83. The predicted octanol–water partition coefficient (Wildman–Crippen LogP) is 0.850. The number of hydrogen-bond acceptors (Lipinski definition) is 6. The smallest absolute Gasteiger partial charge is 0.257 e. The Labute approximate surface area is 144 Å². The van der Waals surface area contributed by atoms with E-state index >= 15 is 0 Å². The van der Waals surface area contributed by atoms with Crippen molar-refractivity contribution in [3.8, 4) is 0 Å². The molecule has 2 saturated heterocycles. The van der Waals surface area contributed by atoms with Gasteiger partial charge < -0.3 is 9.64 Å². The van der Waals surface area contributed by atoms with Crippen LogP contribution < -0.4 is 0 Å². The van der Waals surface area contributed by atoms with Crippen LogP contribution in [0.1, 0.15) is 15.4 Å². The van der Waals surface area contributed by atoms with Gasteiger partial charge >= 0.3 is 0 Å². The third kappa shape index (κ3) is 3.22. The minimum Gasteiger partial charge on any atom is -0.375 e. The van der Waals surface area contributed by atoms with Crippen molar-refractivity contribution in [3.05, 3.63) is 34.5 Å². The quantitative estimate of drug-likeness (QED) is 0.824. The van der Waals surface area contributed by atoms with Crippen molar-refractivity contribution in [2.45, 2.75) is 12.6 Å². The molecule has 2 fully saturated rings. The molecule has 4 heterocycles. The maximum absolute atomic E-state index is 12.7. The third-order valence-electron chi connectivity index (χ3n) is 4.69. The molecule has 2 aromatic heterocycles. The van der Waals surface area contributed by atoms with E-state index in [0.29, 0.717) is 24.6 Å². The second-order valence-corrected chi connectivity index (χ2v) is 7.42. The molecule has 24 heavy (non-hydrogen) atoms. The molecule has 2 atom stereocenters. The Morgan fingerprint density at radius 1 is 1.42 bits per heavy atom. The van der Waals surface area contributed by atoms with Gasteiger partial charge in [-0.3, -0.25) is 14.4 Å². The molecule has 8 heteroatoms. The number of ether oxygens (including phenoxy) is 1. The molecule has 0 aromatic carbocycles. The normalized spacial score (nSPS) is 24.8. The summed E-state index contributed by atoms with van der Waals surface area (Å²) in [5.41, 5.74) is 0.647. The first-order valence-corrected chi connectivity index (χ1v) is 9.07. The Hall–Kier alpha value is -1.77. The van der Waals surface area contributed by atoms with Crippen LogP contribution in [0, 0.1) is 5.92 Å². The zero-order valence-corrected chi connectivity index (χ0v) is 14.5. The molecule has 0 unspecified atom stereocenters. The molecule has 0 radical (unpaired) electrons. The molecule has 0 aliphatic carbocycles. The summed E-state index contributed by atoms with van der Waals surface area (Å²) in [5, 5.41) is 7.24. The molecule has 0 bridgehead atoms. The van der Waals surface area contributed by atoms with Crippen LogP contribution in [-0.2, 0) is 18.3 Å². The average Bonchev–Trinajstić information content (AvgIpc) is 3.27. The van der Waals surface area contributed by atoms with Gasteiger partial charge in [-0.05, 0) is 0 Å². The van der Waals surface area contributed by atoms with Crippen LogP contribution in [0.3, 0.4) is 0 Å². The summed E-state index contributed by atoms with van der Waals surface area (Å²) in [5.74, 6) is 0.402. The second kappa shape index (κ2) is 6.62. The first-order valence-electron chi connectivity index (χ1n) is 8.19. The van der Waals surface area contributed by atoms with E-state index in [9.17, 15) is 4.79 Å². The second-order valence-electron chi connectivity index (χ2n) is 6.44. The standard InChI is InChI=1S/C16H21N5O2S/c1-19-7-12(6-18-19)16(22)21-3-4-23-14-10-20(8-13(14)9-21)11-15-17-2-5-24-15/h2,5-7,13-14H,3-4,8-11H2,1H3/t13-,14-/m1/s1. The van der Waals surface area contributed by atoms with Gasteiger partial charge in [0.15, 0.2) is 0 Å². The van der Waals surface area contributed by atoms with Crippen LogP contribution >= 0.6 is 11.3 Å². The van der Waals surface area contributed by atoms with Gasteiger partial charge in [-0.2, -0.15) is 5.10 Å². The van der Waals surface area contributed by atoms with E-state index in [1.54, 1.807) is 28.4 Å². The number of hydrogen-bond donors (Lipinski definition) is 0. The minimum absolute atomic E-state index is 0.0470. The van der Waals surface area contributed by atoms with Crippen molar-refractivity contribution < 1.29 is 9.53 Å². The van der Waals surface area contributed by atoms with Gasteiger partial charge in [0.1, 0.15) is 5.01 Å². The van der Waals surface area contributed by atoms with Crippen LogP contribution in [0.25, 0.3) is 0 Å². The van der Waals surface area contributed by atoms with E-state index in [4.69, 9.17) is 4.74 Å². The highest BCUT2D eigenvalue weighted by Gasteiger charge is 2.38. The number of carbonyl (C=O) groups is 1. The van der Waals surface area contributed by atoms with E-state index in [0.717, 1.165) is 31.2 Å².